The fourth-order valence-corrected chi connectivity index (χ4v) is 2.28. The van der Waals surface area contributed by atoms with E-state index in [9.17, 15) is 4.79 Å². The minimum absolute atomic E-state index is 0. The number of aromatic nitrogens is 2. The van der Waals surface area contributed by atoms with E-state index in [2.05, 4.69) is 10.2 Å². The summed E-state index contributed by atoms with van der Waals surface area (Å²) in [7, 11) is 0. The number of nitrogens with one attached hydrogen (secondary N) is 1. The quantitative estimate of drug-likeness (QED) is 0.764. The molecule has 3 N–H and O–H groups in total. The SMILES string of the molecule is C[C@@H](N)c1ccc(-c2n[nH]c(=O)c3ccccc23)cc1.Cl. The Morgan fingerprint density at radius 1 is 1.05 bits per heavy atom. The molecule has 0 saturated carbocycles. The average molecular weight is 302 g/mol. The van der Waals surface area contributed by atoms with E-state index in [4.69, 9.17) is 5.73 Å². The Bertz CT molecular complexity index is 810. The molecule has 0 aliphatic rings. The lowest BCUT2D eigenvalue weighted by molar-refractivity contribution is 0.818. The maximum atomic E-state index is 11.8. The molecule has 0 radical (unpaired) electrons. The van der Waals surface area contributed by atoms with E-state index in [1.807, 2.05) is 49.4 Å². The van der Waals surface area contributed by atoms with Crippen LogP contribution >= 0.6 is 12.4 Å². The molecule has 0 spiro atoms. The van der Waals surface area contributed by atoms with Gasteiger partial charge in [0.15, 0.2) is 0 Å². The van der Waals surface area contributed by atoms with Crippen LogP contribution in [0.3, 0.4) is 0 Å². The molecule has 0 amide bonds. The summed E-state index contributed by atoms with van der Waals surface area (Å²) in [6.07, 6.45) is 0. The van der Waals surface area contributed by atoms with Crippen LogP contribution in [-0.4, -0.2) is 10.2 Å². The van der Waals surface area contributed by atoms with E-state index in [-0.39, 0.29) is 24.0 Å². The molecule has 0 bridgehead atoms. The van der Waals surface area contributed by atoms with Gasteiger partial charge in [0.25, 0.3) is 5.56 Å². The van der Waals surface area contributed by atoms with Gasteiger partial charge in [-0.2, -0.15) is 5.10 Å². The maximum Gasteiger partial charge on any atom is 0.272 e. The highest BCUT2D eigenvalue weighted by molar-refractivity contribution is 5.93. The van der Waals surface area contributed by atoms with Crippen LogP contribution in [0.25, 0.3) is 22.0 Å². The number of benzene rings is 2. The Kier molecular flexibility index (Phi) is 4.40. The van der Waals surface area contributed by atoms with Crippen LogP contribution < -0.4 is 11.3 Å². The summed E-state index contributed by atoms with van der Waals surface area (Å²) >= 11 is 0. The fourth-order valence-electron chi connectivity index (χ4n) is 2.28. The molecular formula is C16H16ClN3O. The highest BCUT2D eigenvalue weighted by atomic mass is 35.5. The van der Waals surface area contributed by atoms with Crippen LogP contribution in [0.4, 0.5) is 0 Å². The van der Waals surface area contributed by atoms with Crippen molar-refractivity contribution in [2.75, 3.05) is 0 Å². The van der Waals surface area contributed by atoms with E-state index in [0.29, 0.717) is 5.39 Å². The van der Waals surface area contributed by atoms with Gasteiger partial charge in [0.2, 0.25) is 0 Å². The summed E-state index contributed by atoms with van der Waals surface area (Å²) in [5.74, 6) is 0. The van der Waals surface area contributed by atoms with E-state index >= 15 is 0 Å². The third-order valence-electron chi connectivity index (χ3n) is 3.41. The van der Waals surface area contributed by atoms with Gasteiger partial charge in [-0.1, -0.05) is 42.5 Å². The Balaban J connectivity index is 0.00000161. The third-order valence-corrected chi connectivity index (χ3v) is 3.41. The topological polar surface area (TPSA) is 71.8 Å². The van der Waals surface area contributed by atoms with Crippen LogP contribution in [0.5, 0.6) is 0 Å². The highest BCUT2D eigenvalue weighted by Crippen LogP contribution is 2.25. The van der Waals surface area contributed by atoms with Crippen molar-refractivity contribution in [3.8, 4) is 11.3 Å². The van der Waals surface area contributed by atoms with Gasteiger partial charge in [-0.15, -0.1) is 12.4 Å². The van der Waals surface area contributed by atoms with Crippen molar-refractivity contribution >= 4 is 23.2 Å². The van der Waals surface area contributed by atoms with Gasteiger partial charge in [0.05, 0.1) is 11.1 Å². The maximum absolute atomic E-state index is 11.8. The first-order valence-corrected chi connectivity index (χ1v) is 6.50. The Labute approximate surface area is 128 Å². The molecule has 1 aromatic heterocycles. The lowest BCUT2D eigenvalue weighted by atomic mass is 10.0. The molecular weight excluding hydrogens is 286 g/mol. The lowest BCUT2D eigenvalue weighted by Crippen LogP contribution is -2.09. The van der Waals surface area contributed by atoms with Gasteiger partial charge in [0.1, 0.15) is 0 Å². The molecule has 0 saturated heterocycles. The molecule has 4 nitrogen and oxygen atoms in total. The molecule has 1 heterocycles. The molecule has 108 valence electrons. The highest BCUT2D eigenvalue weighted by Gasteiger charge is 2.08. The largest absolute Gasteiger partial charge is 0.324 e. The number of fused-ring (bicyclic) bond motifs is 1. The Hall–Kier alpha value is -2.17. The molecule has 0 unspecified atom stereocenters. The van der Waals surface area contributed by atoms with Crippen molar-refractivity contribution < 1.29 is 0 Å². The predicted molar refractivity (Wildman–Crippen MR) is 87.7 cm³/mol. The Morgan fingerprint density at radius 2 is 1.67 bits per heavy atom. The number of nitrogens with zero attached hydrogens (tertiary/aromatic N) is 1. The first-order chi connectivity index (χ1) is 9.66. The van der Waals surface area contributed by atoms with Gasteiger partial charge in [-0.3, -0.25) is 4.79 Å². The standard InChI is InChI=1S/C16H15N3O.ClH/c1-10(17)11-6-8-12(9-7-11)15-13-4-2-3-5-14(13)16(20)19-18-15;/h2-10H,17H2,1H3,(H,19,20);1H/t10-;/m1./s1. The molecule has 0 fully saturated rings. The number of hydrogen-bond donors (Lipinski definition) is 2. The zero-order chi connectivity index (χ0) is 14.1. The number of aromatic amines is 1. The summed E-state index contributed by atoms with van der Waals surface area (Å²) in [4.78, 5) is 11.8. The number of halogens is 1. The Morgan fingerprint density at radius 3 is 2.29 bits per heavy atom. The first kappa shape index (κ1) is 15.2. The van der Waals surface area contributed by atoms with Crippen LogP contribution in [0, 0.1) is 0 Å². The smallest absolute Gasteiger partial charge is 0.272 e. The van der Waals surface area contributed by atoms with Gasteiger partial charge in [0, 0.05) is 17.0 Å². The van der Waals surface area contributed by atoms with Gasteiger partial charge in [-0.25, -0.2) is 5.10 Å². The monoisotopic (exact) mass is 301 g/mol. The molecule has 5 heteroatoms. The molecule has 0 aliphatic carbocycles. The average Bonchev–Trinajstić information content (AvgIpc) is 2.48. The van der Waals surface area contributed by atoms with Crippen molar-refractivity contribution in [3.63, 3.8) is 0 Å². The zero-order valence-corrected chi connectivity index (χ0v) is 12.4. The van der Waals surface area contributed by atoms with Crippen LogP contribution in [0.2, 0.25) is 0 Å². The number of rotatable bonds is 2. The second kappa shape index (κ2) is 6.08. The molecule has 3 rings (SSSR count). The number of nitrogens with two attached hydrogens (primary N) is 1. The zero-order valence-electron chi connectivity index (χ0n) is 11.5. The second-order valence-electron chi connectivity index (χ2n) is 4.86. The summed E-state index contributed by atoms with van der Waals surface area (Å²) in [6.45, 7) is 1.95. The fraction of sp³-hybridized carbons (Fsp3) is 0.125. The van der Waals surface area contributed by atoms with Gasteiger partial charge < -0.3 is 5.73 Å². The molecule has 2 aromatic carbocycles. The van der Waals surface area contributed by atoms with Crippen molar-refractivity contribution in [2.45, 2.75) is 13.0 Å². The van der Waals surface area contributed by atoms with E-state index in [1.165, 1.54) is 0 Å². The second-order valence-corrected chi connectivity index (χ2v) is 4.86. The summed E-state index contributed by atoms with van der Waals surface area (Å²) in [5.41, 5.74) is 8.49. The molecule has 0 aliphatic heterocycles. The summed E-state index contributed by atoms with van der Waals surface area (Å²) in [6, 6.07) is 15.4. The van der Waals surface area contributed by atoms with Crippen molar-refractivity contribution in [1.29, 1.82) is 0 Å². The lowest BCUT2D eigenvalue weighted by Gasteiger charge is -2.08. The first-order valence-electron chi connectivity index (χ1n) is 6.50. The predicted octanol–water partition coefficient (Wildman–Crippen LogP) is 3.03. The summed E-state index contributed by atoms with van der Waals surface area (Å²) in [5, 5.41) is 8.23. The van der Waals surface area contributed by atoms with Gasteiger partial charge >= 0.3 is 0 Å². The van der Waals surface area contributed by atoms with Crippen LogP contribution in [0.15, 0.2) is 53.3 Å². The van der Waals surface area contributed by atoms with Crippen LogP contribution in [0.1, 0.15) is 18.5 Å². The normalized spacial score (nSPS) is 11.9. The van der Waals surface area contributed by atoms with Crippen molar-refractivity contribution in [2.24, 2.45) is 5.73 Å². The summed E-state index contributed by atoms with van der Waals surface area (Å²) < 4.78 is 0. The molecule has 3 aromatic rings. The van der Waals surface area contributed by atoms with Crippen LogP contribution in [-0.2, 0) is 0 Å². The number of H-pyrrole nitrogens is 1. The minimum atomic E-state index is -0.170. The minimum Gasteiger partial charge on any atom is -0.324 e. The van der Waals surface area contributed by atoms with E-state index < -0.39 is 0 Å². The van der Waals surface area contributed by atoms with Gasteiger partial charge in [-0.05, 0) is 18.6 Å². The molecule has 1 atom stereocenters. The van der Waals surface area contributed by atoms with E-state index in [1.54, 1.807) is 6.07 Å². The van der Waals surface area contributed by atoms with E-state index in [0.717, 1.165) is 22.2 Å². The van der Waals surface area contributed by atoms with Crippen molar-refractivity contribution in [1.82, 2.24) is 10.2 Å². The van der Waals surface area contributed by atoms with Crippen molar-refractivity contribution in [3.05, 3.63) is 64.4 Å². The molecule has 21 heavy (non-hydrogen) atoms. The number of hydrogen-bond acceptors (Lipinski definition) is 3. The third kappa shape index (κ3) is 2.82.